The SMILES string of the molecule is CN(C)CCCNCc1ccc(OCc2ccccc2Cl)cc1.Cl.Cl. The first kappa shape index (κ1) is 24.0. The molecule has 0 aromatic heterocycles. The van der Waals surface area contributed by atoms with Gasteiger partial charge >= 0.3 is 0 Å². The van der Waals surface area contributed by atoms with Crippen LogP contribution in [0.4, 0.5) is 0 Å². The number of hydrogen-bond donors (Lipinski definition) is 1. The predicted octanol–water partition coefficient (Wildman–Crippen LogP) is 4.80. The van der Waals surface area contributed by atoms with E-state index in [2.05, 4.69) is 36.4 Å². The van der Waals surface area contributed by atoms with Gasteiger partial charge in [-0.1, -0.05) is 41.9 Å². The molecule has 0 fully saturated rings. The second-order valence-electron chi connectivity index (χ2n) is 5.86. The fourth-order valence-corrected chi connectivity index (χ4v) is 2.42. The molecule has 25 heavy (non-hydrogen) atoms. The number of nitrogens with one attached hydrogen (secondary N) is 1. The first-order chi connectivity index (χ1) is 11.1. The molecule has 0 aliphatic rings. The van der Waals surface area contributed by atoms with Crippen molar-refractivity contribution in [3.8, 4) is 5.75 Å². The summed E-state index contributed by atoms with van der Waals surface area (Å²) in [4.78, 5) is 2.20. The summed E-state index contributed by atoms with van der Waals surface area (Å²) < 4.78 is 5.79. The fraction of sp³-hybridized carbons (Fsp3) is 0.368. The minimum atomic E-state index is 0. The lowest BCUT2D eigenvalue weighted by Gasteiger charge is -2.10. The lowest BCUT2D eigenvalue weighted by molar-refractivity contribution is 0.306. The second-order valence-corrected chi connectivity index (χ2v) is 6.26. The second kappa shape index (κ2) is 13.3. The van der Waals surface area contributed by atoms with Crippen molar-refractivity contribution in [1.82, 2.24) is 10.2 Å². The van der Waals surface area contributed by atoms with Crippen LogP contribution >= 0.6 is 36.4 Å². The van der Waals surface area contributed by atoms with Gasteiger partial charge in [-0.25, -0.2) is 0 Å². The molecule has 140 valence electrons. The molecule has 0 bridgehead atoms. The van der Waals surface area contributed by atoms with Gasteiger partial charge in [0.1, 0.15) is 12.4 Å². The highest BCUT2D eigenvalue weighted by Gasteiger charge is 2.01. The van der Waals surface area contributed by atoms with E-state index in [0.29, 0.717) is 6.61 Å². The van der Waals surface area contributed by atoms with E-state index in [1.807, 2.05) is 36.4 Å². The van der Waals surface area contributed by atoms with E-state index >= 15 is 0 Å². The van der Waals surface area contributed by atoms with Crippen LogP contribution in [0.25, 0.3) is 0 Å². The summed E-state index contributed by atoms with van der Waals surface area (Å²) in [5, 5.41) is 4.20. The van der Waals surface area contributed by atoms with Gasteiger partial charge in [0.05, 0.1) is 0 Å². The van der Waals surface area contributed by atoms with Gasteiger partial charge in [-0.05, 0) is 57.4 Å². The Morgan fingerprint density at radius 2 is 1.68 bits per heavy atom. The number of rotatable bonds is 9. The molecule has 0 saturated heterocycles. The van der Waals surface area contributed by atoms with Crippen molar-refractivity contribution in [1.29, 1.82) is 0 Å². The van der Waals surface area contributed by atoms with Gasteiger partial charge in [-0.15, -0.1) is 24.8 Å². The zero-order chi connectivity index (χ0) is 16.5. The first-order valence-corrected chi connectivity index (χ1v) is 8.33. The zero-order valence-corrected chi connectivity index (χ0v) is 17.1. The quantitative estimate of drug-likeness (QED) is 0.606. The summed E-state index contributed by atoms with van der Waals surface area (Å²) in [5.41, 5.74) is 2.26. The van der Waals surface area contributed by atoms with E-state index in [1.165, 1.54) is 5.56 Å². The molecule has 2 aromatic rings. The third-order valence-electron chi connectivity index (χ3n) is 3.56. The number of halogens is 3. The Hall–Kier alpha value is -0.970. The number of ether oxygens (including phenoxy) is 1. The molecule has 0 amide bonds. The smallest absolute Gasteiger partial charge is 0.119 e. The summed E-state index contributed by atoms with van der Waals surface area (Å²) in [6.45, 7) is 3.52. The lowest BCUT2D eigenvalue weighted by atomic mass is 10.2. The van der Waals surface area contributed by atoms with Crippen LogP contribution in [-0.2, 0) is 13.2 Å². The van der Waals surface area contributed by atoms with E-state index in [9.17, 15) is 0 Å². The zero-order valence-electron chi connectivity index (χ0n) is 14.7. The molecule has 0 spiro atoms. The Morgan fingerprint density at radius 1 is 1.00 bits per heavy atom. The maximum absolute atomic E-state index is 6.13. The van der Waals surface area contributed by atoms with Crippen LogP contribution < -0.4 is 10.1 Å². The van der Waals surface area contributed by atoms with Crippen LogP contribution in [0.2, 0.25) is 5.02 Å². The van der Waals surface area contributed by atoms with Crippen molar-refractivity contribution in [3.05, 3.63) is 64.7 Å². The fourth-order valence-electron chi connectivity index (χ4n) is 2.23. The molecule has 2 aromatic carbocycles. The first-order valence-electron chi connectivity index (χ1n) is 7.96. The summed E-state index contributed by atoms with van der Waals surface area (Å²) >= 11 is 6.13. The molecule has 0 saturated carbocycles. The number of benzene rings is 2. The number of hydrogen-bond acceptors (Lipinski definition) is 3. The Kier molecular flexibility index (Phi) is 12.7. The molecule has 2 rings (SSSR count). The van der Waals surface area contributed by atoms with E-state index in [1.54, 1.807) is 0 Å². The molecule has 1 N–H and O–H groups in total. The minimum Gasteiger partial charge on any atom is -0.489 e. The van der Waals surface area contributed by atoms with Gasteiger partial charge < -0.3 is 15.0 Å². The molecule has 0 atom stereocenters. The van der Waals surface area contributed by atoms with Crippen LogP contribution in [0.15, 0.2) is 48.5 Å². The van der Waals surface area contributed by atoms with E-state index < -0.39 is 0 Å². The topological polar surface area (TPSA) is 24.5 Å². The van der Waals surface area contributed by atoms with E-state index in [4.69, 9.17) is 16.3 Å². The minimum absolute atomic E-state index is 0. The van der Waals surface area contributed by atoms with Crippen molar-refractivity contribution < 1.29 is 4.74 Å². The number of nitrogens with zero attached hydrogens (tertiary/aromatic N) is 1. The van der Waals surface area contributed by atoms with Crippen molar-refractivity contribution in [2.45, 2.75) is 19.6 Å². The summed E-state index contributed by atoms with van der Waals surface area (Å²) in [6, 6.07) is 16.0. The molecule has 0 heterocycles. The Labute approximate surface area is 168 Å². The van der Waals surface area contributed by atoms with Gasteiger partial charge in [-0.3, -0.25) is 0 Å². The van der Waals surface area contributed by atoms with Crippen LogP contribution in [0, 0.1) is 0 Å². The Morgan fingerprint density at radius 3 is 2.32 bits per heavy atom. The van der Waals surface area contributed by atoms with Crippen LogP contribution in [0.3, 0.4) is 0 Å². The van der Waals surface area contributed by atoms with Crippen molar-refractivity contribution in [2.24, 2.45) is 0 Å². The summed E-state index contributed by atoms with van der Waals surface area (Å²) in [7, 11) is 4.20. The van der Waals surface area contributed by atoms with Gasteiger partial charge in [0, 0.05) is 17.1 Å². The van der Waals surface area contributed by atoms with Crippen LogP contribution in [0.1, 0.15) is 17.5 Å². The molecule has 0 aliphatic heterocycles. The predicted molar refractivity (Wildman–Crippen MR) is 112 cm³/mol. The summed E-state index contributed by atoms with van der Waals surface area (Å²) in [5.74, 6) is 0.862. The molecule has 0 unspecified atom stereocenters. The molecule has 6 heteroatoms. The monoisotopic (exact) mass is 404 g/mol. The highest BCUT2D eigenvalue weighted by Crippen LogP contribution is 2.18. The van der Waals surface area contributed by atoms with Gasteiger partial charge in [-0.2, -0.15) is 0 Å². The van der Waals surface area contributed by atoms with Gasteiger partial charge in [0.25, 0.3) is 0 Å². The summed E-state index contributed by atoms with van der Waals surface area (Å²) in [6.07, 6.45) is 1.16. The third kappa shape index (κ3) is 9.34. The molecular formula is C19H27Cl3N2O. The van der Waals surface area contributed by atoms with Crippen LogP contribution in [0.5, 0.6) is 5.75 Å². The van der Waals surface area contributed by atoms with E-state index in [0.717, 1.165) is 42.4 Å². The maximum Gasteiger partial charge on any atom is 0.119 e. The van der Waals surface area contributed by atoms with Gasteiger partial charge in [0.15, 0.2) is 0 Å². The largest absolute Gasteiger partial charge is 0.489 e. The highest BCUT2D eigenvalue weighted by molar-refractivity contribution is 6.31. The van der Waals surface area contributed by atoms with E-state index in [-0.39, 0.29) is 24.8 Å². The normalized spacial score (nSPS) is 10.1. The standard InChI is InChI=1S/C19H25ClN2O.2ClH/c1-22(2)13-5-12-21-14-16-8-10-18(11-9-16)23-15-17-6-3-4-7-19(17)20;;/h3-4,6-11,21H,5,12-15H2,1-2H3;2*1H. The molecule has 0 radical (unpaired) electrons. The third-order valence-corrected chi connectivity index (χ3v) is 3.93. The van der Waals surface area contributed by atoms with Crippen molar-refractivity contribution in [2.75, 3.05) is 27.2 Å². The van der Waals surface area contributed by atoms with Crippen LogP contribution in [-0.4, -0.2) is 32.1 Å². The Balaban J connectivity index is 0.00000288. The van der Waals surface area contributed by atoms with Crippen molar-refractivity contribution in [3.63, 3.8) is 0 Å². The van der Waals surface area contributed by atoms with Crippen molar-refractivity contribution >= 4 is 36.4 Å². The molecule has 0 aliphatic carbocycles. The average Bonchev–Trinajstić information content (AvgIpc) is 2.55. The highest BCUT2D eigenvalue weighted by atomic mass is 35.5. The average molecular weight is 406 g/mol. The Bertz CT molecular complexity index is 591. The molecular weight excluding hydrogens is 379 g/mol. The lowest BCUT2D eigenvalue weighted by Crippen LogP contribution is -2.20. The maximum atomic E-state index is 6.13. The van der Waals surface area contributed by atoms with Gasteiger partial charge in [0.2, 0.25) is 0 Å². The molecule has 3 nitrogen and oxygen atoms in total.